The second kappa shape index (κ2) is 5.69. The van der Waals surface area contributed by atoms with Crippen LogP contribution in [0.3, 0.4) is 0 Å². The van der Waals surface area contributed by atoms with Gasteiger partial charge >= 0.3 is 0 Å². The van der Waals surface area contributed by atoms with Crippen molar-refractivity contribution in [2.24, 2.45) is 5.92 Å². The summed E-state index contributed by atoms with van der Waals surface area (Å²) >= 11 is 0. The molecule has 84 valence electrons. The lowest BCUT2D eigenvalue weighted by atomic mass is 10.1. The van der Waals surface area contributed by atoms with Gasteiger partial charge in [-0.05, 0) is 45.4 Å². The first-order chi connectivity index (χ1) is 6.59. The van der Waals surface area contributed by atoms with Crippen molar-refractivity contribution in [3.8, 4) is 0 Å². The molecule has 0 amide bonds. The van der Waals surface area contributed by atoms with E-state index in [1.165, 1.54) is 0 Å². The molecule has 0 spiro atoms. The van der Waals surface area contributed by atoms with Gasteiger partial charge in [0.1, 0.15) is 0 Å². The monoisotopic (exact) mass is 202 g/mol. The van der Waals surface area contributed by atoms with Crippen LogP contribution in [0.5, 0.6) is 0 Å². The highest BCUT2D eigenvalue weighted by Crippen LogP contribution is 2.34. The van der Waals surface area contributed by atoms with Gasteiger partial charge in [0.05, 0.1) is 24.9 Å². The minimum absolute atomic E-state index is 0.165. The van der Waals surface area contributed by atoms with Gasteiger partial charge in [0, 0.05) is 0 Å². The van der Waals surface area contributed by atoms with E-state index < -0.39 is 6.10 Å². The minimum atomic E-state index is -0.425. The van der Waals surface area contributed by atoms with Gasteiger partial charge in [-0.3, -0.25) is 0 Å². The smallest absolute Gasteiger partial charge is 0.0774 e. The Kier molecular flexibility index (Phi) is 4.85. The van der Waals surface area contributed by atoms with Crippen molar-refractivity contribution in [3.63, 3.8) is 0 Å². The SMILES string of the molecule is CC(C)OCC(O)CCC(O)C1CC1. The molecular formula is C11H22O3. The van der Waals surface area contributed by atoms with E-state index in [-0.39, 0.29) is 12.2 Å². The summed E-state index contributed by atoms with van der Waals surface area (Å²) in [4.78, 5) is 0. The second-order valence-corrected chi connectivity index (χ2v) is 4.52. The quantitative estimate of drug-likeness (QED) is 0.654. The lowest BCUT2D eigenvalue weighted by Gasteiger charge is -2.15. The Morgan fingerprint density at radius 1 is 1.21 bits per heavy atom. The van der Waals surface area contributed by atoms with Gasteiger partial charge < -0.3 is 14.9 Å². The van der Waals surface area contributed by atoms with Crippen molar-refractivity contribution in [2.45, 2.75) is 57.8 Å². The summed E-state index contributed by atoms with van der Waals surface area (Å²) in [7, 11) is 0. The summed E-state index contributed by atoms with van der Waals surface area (Å²) in [6, 6.07) is 0. The highest BCUT2D eigenvalue weighted by Gasteiger charge is 2.29. The van der Waals surface area contributed by atoms with E-state index in [2.05, 4.69) is 0 Å². The average Bonchev–Trinajstić information content (AvgIpc) is 2.93. The first kappa shape index (κ1) is 12.0. The fourth-order valence-electron chi connectivity index (χ4n) is 1.47. The molecule has 0 aliphatic heterocycles. The number of aliphatic hydroxyl groups is 2. The highest BCUT2D eigenvalue weighted by molar-refractivity contribution is 4.81. The zero-order valence-corrected chi connectivity index (χ0v) is 9.15. The molecule has 2 unspecified atom stereocenters. The molecule has 1 aliphatic rings. The Labute approximate surface area is 86.1 Å². The first-order valence-corrected chi connectivity index (χ1v) is 5.57. The number of aliphatic hydroxyl groups excluding tert-OH is 2. The molecule has 0 aromatic rings. The molecule has 1 aliphatic carbocycles. The number of hydrogen-bond donors (Lipinski definition) is 2. The predicted octanol–water partition coefficient (Wildman–Crippen LogP) is 1.32. The molecular weight excluding hydrogens is 180 g/mol. The second-order valence-electron chi connectivity index (χ2n) is 4.52. The molecule has 0 saturated heterocycles. The molecule has 1 fully saturated rings. The predicted molar refractivity (Wildman–Crippen MR) is 55.1 cm³/mol. The van der Waals surface area contributed by atoms with Crippen LogP contribution in [-0.2, 0) is 4.74 Å². The molecule has 3 nitrogen and oxygen atoms in total. The van der Waals surface area contributed by atoms with Gasteiger partial charge in [0.2, 0.25) is 0 Å². The van der Waals surface area contributed by atoms with E-state index >= 15 is 0 Å². The Balaban J connectivity index is 1.98. The van der Waals surface area contributed by atoms with E-state index in [9.17, 15) is 10.2 Å². The zero-order chi connectivity index (χ0) is 10.6. The number of hydrogen-bond acceptors (Lipinski definition) is 3. The fraction of sp³-hybridized carbons (Fsp3) is 1.00. The van der Waals surface area contributed by atoms with Crippen molar-refractivity contribution in [3.05, 3.63) is 0 Å². The summed E-state index contributed by atoms with van der Waals surface area (Å²) in [6.07, 6.45) is 3.18. The molecule has 1 rings (SSSR count). The van der Waals surface area contributed by atoms with E-state index in [0.717, 1.165) is 12.8 Å². The van der Waals surface area contributed by atoms with Gasteiger partial charge in [0.25, 0.3) is 0 Å². The van der Waals surface area contributed by atoms with Crippen molar-refractivity contribution in [2.75, 3.05) is 6.61 Å². The summed E-state index contributed by atoms with van der Waals surface area (Å²) in [5.74, 6) is 0.508. The van der Waals surface area contributed by atoms with E-state index in [0.29, 0.717) is 25.4 Å². The number of rotatable bonds is 7. The molecule has 1 saturated carbocycles. The summed E-state index contributed by atoms with van der Waals surface area (Å²) in [5.41, 5.74) is 0. The molecule has 3 heteroatoms. The lowest BCUT2D eigenvalue weighted by Crippen LogP contribution is -2.21. The average molecular weight is 202 g/mol. The van der Waals surface area contributed by atoms with Gasteiger partial charge in [-0.25, -0.2) is 0 Å². The van der Waals surface area contributed by atoms with Crippen molar-refractivity contribution < 1.29 is 14.9 Å². The highest BCUT2D eigenvalue weighted by atomic mass is 16.5. The standard InChI is InChI=1S/C11H22O3/c1-8(2)14-7-10(12)5-6-11(13)9-3-4-9/h8-13H,3-7H2,1-2H3. The van der Waals surface area contributed by atoms with E-state index in [4.69, 9.17) is 4.74 Å². The lowest BCUT2D eigenvalue weighted by molar-refractivity contribution is -0.00392. The van der Waals surface area contributed by atoms with Gasteiger partial charge in [-0.1, -0.05) is 0 Å². The summed E-state index contributed by atoms with van der Waals surface area (Å²) in [6.45, 7) is 4.28. The molecule has 14 heavy (non-hydrogen) atoms. The Morgan fingerprint density at radius 2 is 1.86 bits per heavy atom. The molecule has 0 aromatic carbocycles. The van der Waals surface area contributed by atoms with Crippen LogP contribution in [0.15, 0.2) is 0 Å². The molecule has 0 bridgehead atoms. The van der Waals surface area contributed by atoms with Crippen LogP contribution in [0, 0.1) is 5.92 Å². The normalized spacial score (nSPS) is 21.2. The van der Waals surface area contributed by atoms with Crippen LogP contribution in [-0.4, -0.2) is 35.1 Å². The first-order valence-electron chi connectivity index (χ1n) is 5.57. The maximum Gasteiger partial charge on any atom is 0.0774 e. The van der Waals surface area contributed by atoms with Crippen molar-refractivity contribution in [1.29, 1.82) is 0 Å². The molecule has 0 aromatic heterocycles. The molecule has 2 N–H and O–H groups in total. The largest absolute Gasteiger partial charge is 0.393 e. The van der Waals surface area contributed by atoms with Crippen LogP contribution in [0.25, 0.3) is 0 Å². The fourth-order valence-corrected chi connectivity index (χ4v) is 1.47. The maximum absolute atomic E-state index is 9.56. The van der Waals surface area contributed by atoms with Gasteiger partial charge in [-0.2, -0.15) is 0 Å². The summed E-state index contributed by atoms with van der Waals surface area (Å²) < 4.78 is 5.28. The molecule has 2 atom stereocenters. The third kappa shape index (κ3) is 4.94. The summed E-state index contributed by atoms with van der Waals surface area (Å²) in [5, 5.41) is 19.1. The van der Waals surface area contributed by atoms with Gasteiger partial charge in [0.15, 0.2) is 0 Å². The van der Waals surface area contributed by atoms with Crippen molar-refractivity contribution in [1.82, 2.24) is 0 Å². The van der Waals surface area contributed by atoms with Crippen LogP contribution < -0.4 is 0 Å². The van der Waals surface area contributed by atoms with Crippen LogP contribution in [0.4, 0.5) is 0 Å². The Hall–Kier alpha value is -0.120. The Bertz CT molecular complexity index is 155. The topological polar surface area (TPSA) is 49.7 Å². The van der Waals surface area contributed by atoms with Crippen LogP contribution >= 0.6 is 0 Å². The van der Waals surface area contributed by atoms with Crippen molar-refractivity contribution >= 4 is 0 Å². The zero-order valence-electron chi connectivity index (χ0n) is 9.15. The van der Waals surface area contributed by atoms with Gasteiger partial charge in [-0.15, -0.1) is 0 Å². The third-order valence-corrected chi connectivity index (χ3v) is 2.58. The minimum Gasteiger partial charge on any atom is -0.393 e. The maximum atomic E-state index is 9.56. The molecule has 0 radical (unpaired) electrons. The van der Waals surface area contributed by atoms with Crippen LogP contribution in [0.2, 0.25) is 0 Å². The third-order valence-electron chi connectivity index (χ3n) is 2.58. The molecule has 0 heterocycles. The van der Waals surface area contributed by atoms with E-state index in [1.54, 1.807) is 0 Å². The van der Waals surface area contributed by atoms with E-state index in [1.807, 2.05) is 13.8 Å². The Morgan fingerprint density at radius 3 is 2.36 bits per heavy atom. The van der Waals surface area contributed by atoms with Crippen LogP contribution in [0.1, 0.15) is 39.5 Å². The number of ether oxygens (including phenoxy) is 1.